The van der Waals surface area contributed by atoms with Gasteiger partial charge in [0.05, 0.1) is 0 Å². The summed E-state index contributed by atoms with van der Waals surface area (Å²) < 4.78 is 6.44. The van der Waals surface area contributed by atoms with Crippen molar-refractivity contribution in [2.24, 2.45) is 0 Å². The van der Waals surface area contributed by atoms with Gasteiger partial charge in [0.15, 0.2) is 0 Å². The summed E-state index contributed by atoms with van der Waals surface area (Å²) in [7, 11) is 0. The average Bonchev–Trinajstić information content (AvgIpc) is 2.49. The molecule has 0 spiro atoms. The minimum absolute atomic E-state index is 1.44. The van der Waals surface area contributed by atoms with E-state index in [0.717, 1.165) is 0 Å². The Morgan fingerprint density at radius 2 is 0.900 bits per heavy atom. The zero-order chi connectivity index (χ0) is 13.7. The Labute approximate surface area is 127 Å². The third kappa shape index (κ3) is 2.95. The summed E-state index contributed by atoms with van der Waals surface area (Å²) in [5.41, 5.74) is 0. The third-order valence-corrected chi connectivity index (χ3v) is 20.0. The van der Waals surface area contributed by atoms with E-state index in [1.165, 1.54) is 41.0 Å². The summed E-state index contributed by atoms with van der Waals surface area (Å²) in [6.45, 7) is 0. The van der Waals surface area contributed by atoms with Crippen LogP contribution in [0.2, 0.25) is 8.87 Å². The van der Waals surface area contributed by atoms with Gasteiger partial charge in [-0.25, -0.2) is 0 Å². The van der Waals surface area contributed by atoms with Crippen LogP contribution >= 0.6 is 0 Å². The van der Waals surface area contributed by atoms with Gasteiger partial charge in [-0.15, -0.1) is 0 Å². The normalized spacial score (nSPS) is 19.0. The van der Waals surface area contributed by atoms with Crippen molar-refractivity contribution >= 4 is 25.5 Å². The van der Waals surface area contributed by atoms with Gasteiger partial charge in [0.25, 0.3) is 0 Å². The molecule has 2 aromatic carbocycles. The Balaban J connectivity index is 2.06. The van der Waals surface area contributed by atoms with Gasteiger partial charge in [-0.1, -0.05) is 0 Å². The van der Waals surface area contributed by atoms with Crippen molar-refractivity contribution in [1.82, 2.24) is 0 Å². The molecule has 1 saturated heterocycles. The topological polar surface area (TPSA) is 0 Å². The van der Waals surface area contributed by atoms with E-state index < -0.39 is 18.4 Å². The summed E-state index contributed by atoms with van der Waals surface area (Å²) in [6.07, 6.45) is 7.22. The molecule has 0 amide bonds. The molecular formula is C19H24Sn. The van der Waals surface area contributed by atoms with Crippen LogP contribution < -0.4 is 7.16 Å². The zero-order valence-corrected chi connectivity index (χ0v) is 15.1. The van der Waals surface area contributed by atoms with Crippen molar-refractivity contribution in [3.05, 3.63) is 60.7 Å². The maximum absolute atomic E-state index is 2.42. The molecule has 0 unspecified atom stereocenters. The average molecular weight is 371 g/mol. The Hall–Kier alpha value is -0.761. The van der Waals surface area contributed by atoms with Crippen LogP contribution in [-0.2, 0) is 0 Å². The van der Waals surface area contributed by atoms with Crippen LogP contribution in [0.5, 0.6) is 0 Å². The number of rotatable bonds is 2. The molecule has 1 heterocycles. The SMILES string of the molecule is c1cc[c]([Sn]2([c]3ccccc3)[CH2]CCCCC[CH2]2)cc1. The molecule has 1 heteroatoms. The fraction of sp³-hybridized carbons (Fsp3) is 0.368. The van der Waals surface area contributed by atoms with E-state index in [9.17, 15) is 0 Å². The van der Waals surface area contributed by atoms with E-state index in [2.05, 4.69) is 60.7 Å². The van der Waals surface area contributed by atoms with Gasteiger partial charge in [0.1, 0.15) is 0 Å². The van der Waals surface area contributed by atoms with Crippen molar-refractivity contribution in [2.75, 3.05) is 0 Å². The van der Waals surface area contributed by atoms with Crippen molar-refractivity contribution in [3.8, 4) is 0 Å². The Bertz CT molecular complexity index is 468. The summed E-state index contributed by atoms with van der Waals surface area (Å²) in [4.78, 5) is 0. The van der Waals surface area contributed by atoms with Crippen LogP contribution in [0.4, 0.5) is 0 Å². The van der Waals surface area contributed by atoms with Gasteiger partial charge in [-0.3, -0.25) is 0 Å². The van der Waals surface area contributed by atoms with Crippen molar-refractivity contribution in [3.63, 3.8) is 0 Å². The fourth-order valence-corrected chi connectivity index (χ4v) is 18.3. The number of benzene rings is 2. The number of hydrogen-bond acceptors (Lipinski definition) is 0. The van der Waals surface area contributed by atoms with Crippen LogP contribution in [-0.4, -0.2) is 18.4 Å². The second-order valence-electron chi connectivity index (χ2n) is 6.08. The fourth-order valence-electron chi connectivity index (χ4n) is 3.77. The molecular weight excluding hydrogens is 347 g/mol. The second kappa shape index (κ2) is 6.80. The van der Waals surface area contributed by atoms with Crippen molar-refractivity contribution in [1.29, 1.82) is 0 Å². The molecule has 2 aromatic rings. The van der Waals surface area contributed by atoms with E-state index >= 15 is 0 Å². The summed E-state index contributed by atoms with van der Waals surface area (Å²) >= 11 is -2.42. The molecule has 1 fully saturated rings. The van der Waals surface area contributed by atoms with E-state index in [1.54, 1.807) is 7.16 Å². The predicted octanol–water partition coefficient (Wildman–Crippen LogP) is 4.21. The minimum atomic E-state index is -2.42. The first-order chi connectivity index (χ1) is 9.92. The predicted molar refractivity (Wildman–Crippen MR) is 90.6 cm³/mol. The van der Waals surface area contributed by atoms with Gasteiger partial charge < -0.3 is 0 Å². The van der Waals surface area contributed by atoms with Crippen LogP contribution in [0.1, 0.15) is 32.1 Å². The van der Waals surface area contributed by atoms with Crippen molar-refractivity contribution < 1.29 is 0 Å². The molecule has 0 atom stereocenters. The quantitative estimate of drug-likeness (QED) is 0.694. The van der Waals surface area contributed by atoms with E-state index in [4.69, 9.17) is 0 Å². The summed E-state index contributed by atoms with van der Waals surface area (Å²) in [6, 6.07) is 23.0. The number of hydrogen-bond donors (Lipinski definition) is 0. The van der Waals surface area contributed by atoms with Crippen LogP contribution in [0.3, 0.4) is 0 Å². The molecule has 0 saturated carbocycles. The van der Waals surface area contributed by atoms with Gasteiger partial charge in [-0.05, 0) is 0 Å². The van der Waals surface area contributed by atoms with Crippen LogP contribution in [0.25, 0.3) is 0 Å². The molecule has 20 heavy (non-hydrogen) atoms. The Kier molecular flexibility index (Phi) is 4.82. The summed E-state index contributed by atoms with van der Waals surface area (Å²) in [5, 5.41) is 0. The molecule has 0 radical (unpaired) electrons. The first-order valence-electron chi connectivity index (χ1n) is 8.03. The Morgan fingerprint density at radius 3 is 1.35 bits per heavy atom. The first kappa shape index (κ1) is 14.2. The maximum atomic E-state index is 2.42. The van der Waals surface area contributed by atoms with Gasteiger partial charge in [0, 0.05) is 0 Å². The molecule has 0 aliphatic carbocycles. The molecule has 0 bridgehead atoms. The molecule has 1 aliphatic heterocycles. The van der Waals surface area contributed by atoms with Gasteiger partial charge >= 0.3 is 127 Å². The molecule has 1 aliphatic rings. The molecule has 0 aromatic heterocycles. The second-order valence-corrected chi connectivity index (χ2v) is 18.4. The van der Waals surface area contributed by atoms with Crippen LogP contribution in [0, 0.1) is 0 Å². The standard InChI is InChI=1S/C7H14.2C6H5.Sn/c1-3-5-7-6-4-2;2*1-2-4-6-5-3-1;/h1-7H2;2*1-5H;. The molecule has 104 valence electrons. The molecule has 3 rings (SSSR count). The van der Waals surface area contributed by atoms with Gasteiger partial charge in [-0.2, -0.15) is 0 Å². The molecule has 0 nitrogen and oxygen atoms in total. The monoisotopic (exact) mass is 372 g/mol. The zero-order valence-electron chi connectivity index (χ0n) is 12.2. The van der Waals surface area contributed by atoms with E-state index in [0.29, 0.717) is 0 Å². The van der Waals surface area contributed by atoms with E-state index in [-0.39, 0.29) is 0 Å². The Morgan fingerprint density at radius 1 is 0.500 bits per heavy atom. The van der Waals surface area contributed by atoms with E-state index in [1.807, 2.05) is 0 Å². The van der Waals surface area contributed by atoms with Crippen molar-refractivity contribution in [2.45, 2.75) is 41.0 Å². The van der Waals surface area contributed by atoms with Crippen LogP contribution in [0.15, 0.2) is 60.7 Å². The first-order valence-corrected chi connectivity index (χ1v) is 14.9. The third-order valence-electron chi connectivity index (χ3n) is 4.86. The molecule has 0 N–H and O–H groups in total. The van der Waals surface area contributed by atoms with Gasteiger partial charge in [0.2, 0.25) is 0 Å². The summed E-state index contributed by atoms with van der Waals surface area (Å²) in [5.74, 6) is 0.